The molecule has 2 atom stereocenters. The van der Waals surface area contributed by atoms with Crippen LogP contribution >= 0.6 is 11.6 Å². The van der Waals surface area contributed by atoms with E-state index >= 15 is 0 Å². The van der Waals surface area contributed by atoms with E-state index in [1.54, 1.807) is 30.6 Å². The summed E-state index contributed by atoms with van der Waals surface area (Å²) in [5, 5.41) is 5.80. The van der Waals surface area contributed by atoms with E-state index in [2.05, 4.69) is 59.2 Å². The first-order valence-electron chi connectivity index (χ1n) is 26.0. The molecule has 3 aliphatic heterocycles. The number of nitrogens with two attached hydrogens (primary N) is 2. The SMILES string of the molecule is CC1(C)OB(c2ccc(N)nc2)OC1(C)C.CC1=CC(C)=C(CNC(=O)c2nc(-c3ccc(N)nc3)nc(N3CCC[C@@H]3C)c2C)C(=O)C1.CC1=CC(C)=C(CNC(=O)c2nc(Cl)nc(N3CCC[C@@H]3C)c2C)C(=O)C1. The third-order valence-corrected chi connectivity index (χ3v) is 15.1. The topological polar surface area (TPSA) is 247 Å². The Morgan fingerprint density at radius 3 is 1.57 bits per heavy atom. The van der Waals surface area contributed by atoms with Crippen LogP contribution in [0.5, 0.6) is 0 Å². The number of ketones is 2. The lowest BCUT2D eigenvalue weighted by Gasteiger charge is -2.32. The van der Waals surface area contributed by atoms with Gasteiger partial charge in [-0.05, 0) is 150 Å². The minimum Gasteiger partial charge on any atom is -0.399 e. The van der Waals surface area contributed by atoms with Crippen LogP contribution in [0.2, 0.25) is 5.28 Å². The summed E-state index contributed by atoms with van der Waals surface area (Å²) in [5.74, 6) is 2.24. The van der Waals surface area contributed by atoms with Crippen LogP contribution in [0.1, 0.15) is 140 Å². The van der Waals surface area contributed by atoms with Crippen molar-refractivity contribution in [1.29, 1.82) is 0 Å². The van der Waals surface area contributed by atoms with Gasteiger partial charge in [0, 0.05) is 96.8 Å². The van der Waals surface area contributed by atoms with Crippen LogP contribution in [-0.2, 0) is 18.9 Å². The molecule has 0 radical (unpaired) electrons. The number of aromatic nitrogens is 6. The predicted molar refractivity (Wildman–Crippen MR) is 299 cm³/mol. The third kappa shape index (κ3) is 13.0. The van der Waals surface area contributed by atoms with Crippen LogP contribution in [0, 0.1) is 13.8 Å². The Balaban J connectivity index is 0.000000176. The smallest absolute Gasteiger partial charge is 0.399 e. The molecule has 20 heteroatoms. The van der Waals surface area contributed by atoms with Gasteiger partial charge in [0.1, 0.15) is 34.7 Å². The quantitative estimate of drug-likeness (QED) is 0.0876. The molecule has 0 aromatic carbocycles. The molecule has 402 valence electrons. The Morgan fingerprint density at radius 2 is 1.14 bits per heavy atom. The summed E-state index contributed by atoms with van der Waals surface area (Å²) in [5.41, 5.74) is 19.4. The molecule has 6 N–H and O–H groups in total. The number of hydrogen-bond donors (Lipinski definition) is 4. The lowest BCUT2D eigenvalue weighted by atomic mass is 9.80. The van der Waals surface area contributed by atoms with Crippen LogP contribution in [-0.4, -0.2) is 110 Å². The zero-order chi connectivity index (χ0) is 55.4. The van der Waals surface area contributed by atoms with E-state index in [-0.39, 0.29) is 65.8 Å². The lowest BCUT2D eigenvalue weighted by Crippen LogP contribution is -2.41. The number of carbonyl (C=O) groups excluding carboxylic acids is 4. The largest absolute Gasteiger partial charge is 0.496 e. The van der Waals surface area contributed by atoms with Crippen molar-refractivity contribution in [2.75, 3.05) is 47.4 Å². The molecule has 0 spiro atoms. The Morgan fingerprint density at radius 1 is 0.684 bits per heavy atom. The van der Waals surface area contributed by atoms with Crippen LogP contribution in [0.15, 0.2) is 82.2 Å². The van der Waals surface area contributed by atoms with E-state index < -0.39 is 0 Å². The number of Topliss-reactive ketones (excluding diaryl/α,β-unsaturated/α-hetero) is 2. The van der Waals surface area contributed by atoms with Crippen molar-refractivity contribution in [3.63, 3.8) is 0 Å². The van der Waals surface area contributed by atoms with E-state index in [4.69, 9.17) is 37.4 Å². The zero-order valence-corrected chi connectivity index (χ0v) is 46.7. The molecule has 0 unspecified atom stereocenters. The maximum atomic E-state index is 13.3. The number of nitrogen functional groups attached to an aromatic ring is 2. The van der Waals surface area contributed by atoms with Gasteiger partial charge in [0.2, 0.25) is 5.28 Å². The molecule has 7 heterocycles. The van der Waals surface area contributed by atoms with Crippen molar-refractivity contribution in [3.8, 4) is 11.4 Å². The summed E-state index contributed by atoms with van der Waals surface area (Å²) in [6.45, 7) is 25.9. The summed E-state index contributed by atoms with van der Waals surface area (Å²) >= 11 is 6.10. The van der Waals surface area contributed by atoms with Crippen LogP contribution in [0.25, 0.3) is 11.4 Å². The first kappa shape index (κ1) is 56.9. The summed E-state index contributed by atoms with van der Waals surface area (Å²) in [6, 6.07) is 7.80. The Hall–Kier alpha value is -6.83. The number of hydrogen-bond acceptors (Lipinski definition) is 16. The molecule has 5 aliphatic rings. The highest BCUT2D eigenvalue weighted by Gasteiger charge is 2.51. The van der Waals surface area contributed by atoms with Crippen molar-refractivity contribution in [2.24, 2.45) is 0 Å². The Bertz CT molecular complexity index is 3010. The molecule has 2 aliphatic carbocycles. The summed E-state index contributed by atoms with van der Waals surface area (Å²) in [4.78, 5) is 81.2. The average molecular weight is 1060 g/mol. The van der Waals surface area contributed by atoms with Gasteiger partial charge in [-0.2, -0.15) is 0 Å². The van der Waals surface area contributed by atoms with Gasteiger partial charge in [0.05, 0.1) is 11.2 Å². The van der Waals surface area contributed by atoms with Gasteiger partial charge >= 0.3 is 7.12 Å². The molecule has 9 rings (SSSR count). The van der Waals surface area contributed by atoms with E-state index in [1.807, 2.05) is 87.5 Å². The Labute approximate surface area is 451 Å². The maximum absolute atomic E-state index is 13.3. The minimum absolute atomic E-state index is 0.0485. The summed E-state index contributed by atoms with van der Waals surface area (Å²) in [7, 11) is -0.363. The normalized spacial score (nSPS) is 19.9. The molecule has 3 saturated heterocycles. The number of halogens is 1. The second kappa shape index (κ2) is 23.6. The average Bonchev–Trinajstić information content (AvgIpc) is 4.05. The maximum Gasteiger partial charge on any atom is 0.496 e. The molecule has 3 fully saturated rings. The fourth-order valence-electron chi connectivity index (χ4n) is 9.84. The van der Waals surface area contributed by atoms with Crippen molar-refractivity contribution in [2.45, 2.75) is 145 Å². The highest BCUT2D eigenvalue weighted by Crippen LogP contribution is 2.37. The number of amides is 2. The zero-order valence-electron chi connectivity index (χ0n) is 46.0. The number of anilines is 4. The number of nitrogens with zero attached hydrogens (tertiary/aromatic N) is 8. The standard InChI is InChI=1S/C25H30N6O2.C20H25ClN4O2.C11H17BN2O2/c1-14-10-15(2)19(20(32)11-14)13-28-25(33)22-17(4)24(31-9-5-6-16(31)3)30-23(29-22)18-7-8-21(26)27-12-18;1-11-8-12(2)15(16(26)9-11)10-22-19(27)17-14(4)18(24-20(21)23-17)25-7-5-6-13(25)3;1-10(2)11(3,4)16-12(15-10)8-5-6-9(13)14-7-8/h7-8,10,12,16H,5-6,9,11,13H2,1-4H3,(H2,26,27)(H,28,33);8,13H,5-7,9-10H2,1-4H3,(H,22,27);5-7H,1-4H3,(H2,13,14)/t16-;13-;/m00./s1. The molecule has 76 heavy (non-hydrogen) atoms. The van der Waals surface area contributed by atoms with Gasteiger partial charge in [0.15, 0.2) is 17.4 Å². The van der Waals surface area contributed by atoms with Gasteiger partial charge in [-0.15, -0.1) is 0 Å². The van der Waals surface area contributed by atoms with E-state index in [0.717, 1.165) is 77.9 Å². The van der Waals surface area contributed by atoms with Gasteiger partial charge < -0.3 is 41.2 Å². The highest BCUT2D eigenvalue weighted by molar-refractivity contribution is 6.62. The van der Waals surface area contributed by atoms with Gasteiger partial charge in [-0.1, -0.05) is 29.4 Å². The number of rotatable bonds is 10. The number of nitrogens with one attached hydrogen (secondary N) is 2. The van der Waals surface area contributed by atoms with Crippen molar-refractivity contribution in [1.82, 2.24) is 40.5 Å². The molecule has 18 nitrogen and oxygen atoms in total. The van der Waals surface area contributed by atoms with Crippen LogP contribution in [0.4, 0.5) is 23.3 Å². The monoisotopic (exact) mass is 1050 g/mol. The summed E-state index contributed by atoms with van der Waals surface area (Å²) in [6.07, 6.45) is 12.4. The lowest BCUT2D eigenvalue weighted by molar-refractivity contribution is -0.116. The molecule has 2 amide bonds. The van der Waals surface area contributed by atoms with Crippen molar-refractivity contribution < 1.29 is 28.5 Å². The second-order valence-corrected chi connectivity index (χ2v) is 21.8. The highest BCUT2D eigenvalue weighted by atomic mass is 35.5. The minimum atomic E-state index is -0.363. The Kier molecular flexibility index (Phi) is 17.7. The number of carbonyl (C=O) groups is 4. The molecular formula is C56H72BClN12O6. The second-order valence-electron chi connectivity index (χ2n) is 21.4. The van der Waals surface area contributed by atoms with Crippen LogP contribution in [0.3, 0.4) is 0 Å². The van der Waals surface area contributed by atoms with Crippen LogP contribution < -0.4 is 37.4 Å². The van der Waals surface area contributed by atoms with E-state index in [9.17, 15) is 19.2 Å². The molecular weight excluding hydrogens is 983 g/mol. The molecule has 0 saturated carbocycles. The summed E-state index contributed by atoms with van der Waals surface area (Å²) < 4.78 is 11.8. The number of pyridine rings is 2. The fourth-order valence-corrected chi connectivity index (χ4v) is 10.0. The molecule has 0 bridgehead atoms. The van der Waals surface area contributed by atoms with Gasteiger partial charge in [0.25, 0.3) is 11.8 Å². The third-order valence-electron chi connectivity index (χ3n) is 15.0. The van der Waals surface area contributed by atoms with E-state index in [1.165, 1.54) is 0 Å². The van der Waals surface area contributed by atoms with Gasteiger partial charge in [-0.3, -0.25) is 19.2 Å². The first-order valence-corrected chi connectivity index (χ1v) is 26.3. The van der Waals surface area contributed by atoms with Gasteiger partial charge in [-0.25, -0.2) is 29.9 Å². The first-order chi connectivity index (χ1) is 35.8. The van der Waals surface area contributed by atoms with Crippen molar-refractivity contribution >= 4 is 70.8 Å². The fraction of sp³-hybridized carbons (Fsp3) is 0.464. The molecule has 4 aromatic rings. The number of allylic oxidation sites excluding steroid dienone is 6. The van der Waals surface area contributed by atoms with Crippen molar-refractivity contribution in [3.05, 3.63) is 110 Å². The van der Waals surface area contributed by atoms with E-state index in [0.29, 0.717) is 76.2 Å². The molecule has 4 aromatic heterocycles. The predicted octanol–water partition coefficient (Wildman–Crippen LogP) is 7.74.